The number of hydrogen-bond donors (Lipinski definition) is 2. The molecule has 0 bridgehead atoms. The van der Waals surface area contributed by atoms with Crippen LogP contribution in [0.3, 0.4) is 0 Å². The number of fused-ring (bicyclic) bond motifs is 3. The number of hydrogen-bond acceptors (Lipinski definition) is 8. The summed E-state index contributed by atoms with van der Waals surface area (Å²) in [5.74, 6) is -1.38. The second-order valence-corrected chi connectivity index (χ2v) is 3.80. The summed E-state index contributed by atoms with van der Waals surface area (Å²) in [6, 6.07) is 1.15. The predicted molar refractivity (Wildman–Crippen MR) is 61.6 cm³/mol. The fraction of sp³-hybridized carbons (Fsp3) is 0.111. The van der Waals surface area contributed by atoms with Gasteiger partial charge in [-0.25, -0.2) is 14.6 Å². The van der Waals surface area contributed by atoms with E-state index in [2.05, 4.69) is 20.3 Å². The van der Waals surface area contributed by atoms with Crippen molar-refractivity contribution < 1.29 is 15.1 Å². The molecule has 0 unspecified atom stereocenters. The molecule has 0 amide bonds. The van der Waals surface area contributed by atoms with Crippen molar-refractivity contribution in [2.24, 2.45) is 7.05 Å². The minimum Gasteiger partial charge on any atom is -0.489 e. The normalized spacial score (nSPS) is 11.2. The van der Waals surface area contributed by atoms with Gasteiger partial charge in [0.1, 0.15) is 16.6 Å². The highest BCUT2D eigenvalue weighted by atomic mass is 16.6. The van der Waals surface area contributed by atoms with Crippen LogP contribution in [0.5, 0.6) is 11.8 Å². The van der Waals surface area contributed by atoms with Crippen LogP contribution in [0, 0.1) is 10.1 Å². The molecule has 0 spiro atoms. The summed E-state index contributed by atoms with van der Waals surface area (Å²) in [5.41, 5.74) is 0.222. The Labute approximate surface area is 104 Å². The van der Waals surface area contributed by atoms with E-state index in [0.717, 1.165) is 6.07 Å². The lowest BCUT2D eigenvalue weighted by Crippen LogP contribution is -1.97. The van der Waals surface area contributed by atoms with Crippen LogP contribution in [0.25, 0.3) is 22.1 Å². The van der Waals surface area contributed by atoms with Crippen LogP contribution in [0.4, 0.5) is 5.69 Å². The van der Waals surface area contributed by atoms with Gasteiger partial charge in [-0.1, -0.05) is 5.21 Å². The van der Waals surface area contributed by atoms with Gasteiger partial charge in [-0.3, -0.25) is 10.1 Å². The molecule has 10 nitrogen and oxygen atoms in total. The van der Waals surface area contributed by atoms with Crippen molar-refractivity contribution in [2.75, 3.05) is 0 Å². The number of aromatic nitrogens is 5. The monoisotopic (exact) mass is 262 g/mol. The maximum Gasteiger partial charge on any atom is 0.299 e. The summed E-state index contributed by atoms with van der Waals surface area (Å²) in [6.07, 6.45) is 0. The third-order valence-corrected chi connectivity index (χ3v) is 2.65. The fourth-order valence-corrected chi connectivity index (χ4v) is 1.85. The molecule has 2 N–H and O–H groups in total. The SMILES string of the molecule is Cn1nnc2c3nc(O)c(O)nc3cc([N+](=O)[O-])c21. The van der Waals surface area contributed by atoms with E-state index in [1.54, 1.807) is 0 Å². The van der Waals surface area contributed by atoms with Gasteiger partial charge in [0.15, 0.2) is 5.52 Å². The van der Waals surface area contributed by atoms with Crippen molar-refractivity contribution in [1.29, 1.82) is 0 Å². The van der Waals surface area contributed by atoms with E-state index in [1.807, 2.05) is 0 Å². The fourth-order valence-electron chi connectivity index (χ4n) is 1.85. The second-order valence-electron chi connectivity index (χ2n) is 3.80. The maximum atomic E-state index is 11.0. The van der Waals surface area contributed by atoms with Gasteiger partial charge < -0.3 is 10.2 Å². The molecule has 2 heterocycles. The number of aromatic hydroxyl groups is 2. The molecule has 0 saturated heterocycles. The lowest BCUT2D eigenvalue weighted by molar-refractivity contribution is -0.383. The van der Waals surface area contributed by atoms with E-state index >= 15 is 0 Å². The van der Waals surface area contributed by atoms with Crippen molar-refractivity contribution in [3.8, 4) is 11.8 Å². The first-order valence-electron chi connectivity index (χ1n) is 5.05. The van der Waals surface area contributed by atoms with Crippen molar-refractivity contribution >= 4 is 27.8 Å². The molecule has 0 aliphatic heterocycles. The minimum atomic E-state index is -0.704. The van der Waals surface area contributed by atoms with Gasteiger partial charge in [0.25, 0.3) is 17.4 Å². The Morgan fingerprint density at radius 2 is 1.95 bits per heavy atom. The first-order chi connectivity index (χ1) is 8.99. The largest absolute Gasteiger partial charge is 0.489 e. The summed E-state index contributed by atoms with van der Waals surface area (Å²) >= 11 is 0. The smallest absolute Gasteiger partial charge is 0.299 e. The molecule has 0 saturated carbocycles. The summed E-state index contributed by atoms with van der Waals surface area (Å²) in [4.78, 5) is 17.8. The standard InChI is InChI=1S/C9H6N6O4/c1-14-7-4(15(18)19)2-3-5(6(7)12-13-14)11-9(17)8(16)10-3/h2H,1H3,(H,10,16)(H,11,17). The first-order valence-corrected chi connectivity index (χ1v) is 5.05. The summed E-state index contributed by atoms with van der Waals surface area (Å²) in [5, 5.41) is 37.1. The molecule has 96 valence electrons. The van der Waals surface area contributed by atoms with Gasteiger partial charge >= 0.3 is 0 Å². The van der Waals surface area contributed by atoms with Gasteiger partial charge in [0.2, 0.25) is 0 Å². The Balaban J connectivity index is 2.58. The molecule has 3 rings (SSSR count). The third-order valence-electron chi connectivity index (χ3n) is 2.65. The maximum absolute atomic E-state index is 11.0. The minimum absolute atomic E-state index is 0.0509. The average Bonchev–Trinajstić information content (AvgIpc) is 2.73. The molecule has 0 atom stereocenters. The number of non-ortho nitro benzene ring substituents is 1. The Kier molecular flexibility index (Phi) is 2.03. The van der Waals surface area contributed by atoms with Crippen LogP contribution in [0.15, 0.2) is 6.07 Å². The van der Waals surface area contributed by atoms with Gasteiger partial charge in [0.05, 0.1) is 4.92 Å². The highest BCUT2D eigenvalue weighted by Gasteiger charge is 2.22. The third kappa shape index (κ3) is 1.43. The lowest BCUT2D eigenvalue weighted by atomic mass is 10.2. The number of aryl methyl sites for hydroxylation is 1. The zero-order valence-electron chi connectivity index (χ0n) is 9.47. The molecule has 1 aromatic carbocycles. The topological polar surface area (TPSA) is 140 Å². The highest BCUT2D eigenvalue weighted by molar-refractivity contribution is 6.04. The summed E-state index contributed by atoms with van der Waals surface area (Å²) in [6.45, 7) is 0. The molecule has 2 aromatic heterocycles. The van der Waals surface area contributed by atoms with Gasteiger partial charge in [0, 0.05) is 13.1 Å². The zero-order valence-corrected chi connectivity index (χ0v) is 9.47. The Hall–Kier alpha value is -3.04. The Bertz CT molecular complexity index is 842. The highest BCUT2D eigenvalue weighted by Crippen LogP contribution is 2.32. The van der Waals surface area contributed by atoms with Crippen LogP contribution < -0.4 is 0 Å². The number of nitro benzene ring substituents is 1. The van der Waals surface area contributed by atoms with Crippen LogP contribution in [0.2, 0.25) is 0 Å². The molecule has 10 heteroatoms. The van der Waals surface area contributed by atoms with Gasteiger partial charge in [-0.2, -0.15) is 0 Å². The molecule has 0 fully saturated rings. The number of benzene rings is 1. The van der Waals surface area contributed by atoms with Crippen LogP contribution in [-0.2, 0) is 7.05 Å². The second kappa shape index (κ2) is 3.48. The van der Waals surface area contributed by atoms with E-state index in [9.17, 15) is 20.3 Å². The molecule has 0 radical (unpaired) electrons. The first kappa shape index (κ1) is 11.1. The molecule has 0 aliphatic carbocycles. The van der Waals surface area contributed by atoms with Crippen molar-refractivity contribution in [1.82, 2.24) is 25.0 Å². The van der Waals surface area contributed by atoms with Crippen molar-refractivity contribution in [3.05, 3.63) is 16.2 Å². The predicted octanol–water partition coefficient (Wildman–Crippen LogP) is 0.231. The molecular formula is C9H6N6O4. The van der Waals surface area contributed by atoms with E-state index in [-0.39, 0.29) is 27.8 Å². The van der Waals surface area contributed by atoms with E-state index in [0.29, 0.717) is 0 Å². The molecule has 0 aliphatic rings. The Morgan fingerprint density at radius 1 is 1.26 bits per heavy atom. The lowest BCUT2D eigenvalue weighted by Gasteiger charge is -2.01. The number of nitrogens with zero attached hydrogens (tertiary/aromatic N) is 6. The Morgan fingerprint density at radius 3 is 2.63 bits per heavy atom. The average molecular weight is 262 g/mol. The van der Waals surface area contributed by atoms with Crippen molar-refractivity contribution in [3.63, 3.8) is 0 Å². The van der Waals surface area contributed by atoms with Gasteiger partial charge in [-0.05, 0) is 0 Å². The molecule has 19 heavy (non-hydrogen) atoms. The molecular weight excluding hydrogens is 256 g/mol. The summed E-state index contributed by atoms with van der Waals surface area (Å²) in [7, 11) is 1.50. The van der Waals surface area contributed by atoms with Gasteiger partial charge in [-0.15, -0.1) is 5.10 Å². The zero-order chi connectivity index (χ0) is 13.7. The number of rotatable bonds is 1. The quantitative estimate of drug-likeness (QED) is 0.469. The van der Waals surface area contributed by atoms with Crippen LogP contribution in [0.1, 0.15) is 0 Å². The molecule has 3 aromatic rings. The summed E-state index contributed by atoms with van der Waals surface area (Å²) < 4.78 is 1.23. The van der Waals surface area contributed by atoms with E-state index in [4.69, 9.17) is 0 Å². The number of nitro groups is 1. The van der Waals surface area contributed by atoms with Crippen LogP contribution >= 0.6 is 0 Å². The van der Waals surface area contributed by atoms with Crippen molar-refractivity contribution in [2.45, 2.75) is 0 Å². The van der Waals surface area contributed by atoms with E-state index in [1.165, 1.54) is 11.7 Å². The van der Waals surface area contributed by atoms with Crippen LogP contribution in [-0.4, -0.2) is 40.1 Å². The van der Waals surface area contributed by atoms with E-state index < -0.39 is 16.7 Å².